The van der Waals surface area contributed by atoms with Crippen molar-refractivity contribution in [2.45, 2.75) is 29.5 Å². The van der Waals surface area contributed by atoms with Crippen LogP contribution >= 0.6 is 46.5 Å². The normalized spacial score (nSPS) is 11.0. The van der Waals surface area contributed by atoms with E-state index in [-0.39, 0.29) is 5.91 Å². The van der Waals surface area contributed by atoms with Crippen LogP contribution in [-0.4, -0.2) is 27.6 Å². The minimum Gasteiger partial charge on any atom is -0.300 e. The fourth-order valence-corrected chi connectivity index (χ4v) is 4.25. The first-order valence-electron chi connectivity index (χ1n) is 7.17. The molecule has 1 aromatic carbocycles. The molecule has 2 rings (SSSR count). The maximum Gasteiger partial charge on any atom is 0.227 e. The zero-order chi connectivity index (χ0) is 16.7. The van der Waals surface area contributed by atoms with Gasteiger partial charge in [-0.1, -0.05) is 48.5 Å². The summed E-state index contributed by atoms with van der Waals surface area (Å²) in [5, 5.41) is 12.2. The molecule has 0 radical (unpaired) electrons. The van der Waals surface area contributed by atoms with Crippen molar-refractivity contribution in [1.82, 2.24) is 10.2 Å². The summed E-state index contributed by atoms with van der Waals surface area (Å²) in [5.74, 6) is 2.27. The van der Waals surface area contributed by atoms with Crippen LogP contribution in [0, 0.1) is 5.92 Å². The molecule has 1 amide bonds. The smallest absolute Gasteiger partial charge is 0.227 e. The number of thioether (sulfide) groups is 2. The molecule has 8 heteroatoms. The van der Waals surface area contributed by atoms with E-state index in [0.29, 0.717) is 23.2 Å². The Hall–Kier alpha value is -0.760. The maximum atomic E-state index is 11.9. The zero-order valence-corrected chi connectivity index (χ0v) is 16.1. The second-order valence-corrected chi connectivity index (χ2v) is 9.03. The molecule has 0 saturated carbocycles. The van der Waals surface area contributed by atoms with Gasteiger partial charge in [0.25, 0.3) is 0 Å². The fourth-order valence-electron chi connectivity index (χ4n) is 1.53. The Bertz CT molecular complexity index is 631. The van der Waals surface area contributed by atoms with Gasteiger partial charge in [0.05, 0.1) is 0 Å². The highest BCUT2D eigenvalue weighted by molar-refractivity contribution is 8.01. The van der Waals surface area contributed by atoms with Crippen LogP contribution in [0.5, 0.6) is 0 Å². The van der Waals surface area contributed by atoms with Crippen LogP contribution in [0.3, 0.4) is 0 Å². The van der Waals surface area contributed by atoms with E-state index in [1.807, 2.05) is 24.3 Å². The maximum absolute atomic E-state index is 11.9. The molecule has 0 atom stereocenters. The average molecular weight is 388 g/mol. The molecule has 4 nitrogen and oxygen atoms in total. The number of halogens is 1. The minimum atomic E-state index is -0.0389. The van der Waals surface area contributed by atoms with Gasteiger partial charge in [0.15, 0.2) is 4.34 Å². The Kier molecular flexibility index (Phi) is 7.69. The lowest BCUT2D eigenvalue weighted by Crippen LogP contribution is -2.11. The first kappa shape index (κ1) is 18.6. The number of benzene rings is 1. The van der Waals surface area contributed by atoms with Crippen LogP contribution in [0.4, 0.5) is 5.13 Å². The molecule has 0 saturated heterocycles. The Morgan fingerprint density at radius 2 is 2.00 bits per heavy atom. The van der Waals surface area contributed by atoms with Gasteiger partial charge in [-0.3, -0.25) is 4.79 Å². The summed E-state index contributed by atoms with van der Waals surface area (Å²) in [5.41, 5.74) is 0. The molecule has 0 aliphatic carbocycles. The molecular weight excluding hydrogens is 370 g/mol. The molecule has 1 heterocycles. The van der Waals surface area contributed by atoms with Crippen LogP contribution in [0.25, 0.3) is 0 Å². The van der Waals surface area contributed by atoms with Crippen LogP contribution in [0.1, 0.15) is 20.3 Å². The van der Waals surface area contributed by atoms with Gasteiger partial charge in [-0.25, -0.2) is 0 Å². The van der Waals surface area contributed by atoms with Crippen LogP contribution in [-0.2, 0) is 4.79 Å². The van der Waals surface area contributed by atoms with Crippen molar-refractivity contribution in [3.63, 3.8) is 0 Å². The summed E-state index contributed by atoms with van der Waals surface area (Å²) in [7, 11) is 0. The monoisotopic (exact) mass is 387 g/mol. The van der Waals surface area contributed by atoms with Crippen LogP contribution in [0.15, 0.2) is 33.5 Å². The summed E-state index contributed by atoms with van der Waals surface area (Å²) in [6, 6.07) is 7.60. The van der Waals surface area contributed by atoms with E-state index in [9.17, 15) is 4.79 Å². The molecule has 0 aliphatic rings. The van der Waals surface area contributed by atoms with E-state index < -0.39 is 0 Å². The molecule has 23 heavy (non-hydrogen) atoms. The first-order chi connectivity index (χ1) is 11.0. The van der Waals surface area contributed by atoms with E-state index >= 15 is 0 Å². The number of nitrogens with one attached hydrogen (secondary N) is 1. The highest BCUT2D eigenvalue weighted by atomic mass is 35.5. The van der Waals surface area contributed by atoms with Gasteiger partial charge in [0, 0.05) is 27.8 Å². The van der Waals surface area contributed by atoms with Gasteiger partial charge in [-0.15, -0.1) is 22.0 Å². The van der Waals surface area contributed by atoms with Crippen LogP contribution in [0.2, 0.25) is 5.02 Å². The Balaban J connectivity index is 1.71. The minimum absolute atomic E-state index is 0.0389. The zero-order valence-electron chi connectivity index (χ0n) is 12.9. The molecule has 2 aromatic rings. The third kappa shape index (κ3) is 7.12. The lowest BCUT2D eigenvalue weighted by Gasteiger charge is -2.02. The quantitative estimate of drug-likeness (QED) is 0.506. The SMILES string of the molecule is CC(C)CSc1nnc(NC(=O)CCSc2ccc(Cl)cc2)s1. The molecule has 1 N–H and O–H groups in total. The van der Waals surface area contributed by atoms with Gasteiger partial charge < -0.3 is 5.32 Å². The Morgan fingerprint density at radius 1 is 1.26 bits per heavy atom. The molecule has 1 aromatic heterocycles. The number of carbonyl (C=O) groups is 1. The number of aromatic nitrogens is 2. The second kappa shape index (κ2) is 9.52. The molecule has 0 bridgehead atoms. The molecule has 0 unspecified atom stereocenters. The Labute approximate surface area is 153 Å². The van der Waals surface area contributed by atoms with Crippen molar-refractivity contribution in [2.75, 3.05) is 16.8 Å². The van der Waals surface area contributed by atoms with Crippen LogP contribution < -0.4 is 5.32 Å². The number of amides is 1. The molecule has 0 spiro atoms. The number of hydrogen-bond donors (Lipinski definition) is 1. The highest BCUT2D eigenvalue weighted by Crippen LogP contribution is 2.27. The largest absolute Gasteiger partial charge is 0.300 e. The van der Waals surface area contributed by atoms with Gasteiger partial charge in [-0.2, -0.15) is 0 Å². The highest BCUT2D eigenvalue weighted by Gasteiger charge is 2.09. The average Bonchev–Trinajstić information content (AvgIpc) is 2.94. The number of nitrogens with zero attached hydrogens (tertiary/aromatic N) is 2. The number of anilines is 1. The van der Waals surface area contributed by atoms with E-state index in [4.69, 9.17) is 11.6 Å². The van der Waals surface area contributed by atoms with Gasteiger partial charge >= 0.3 is 0 Å². The van der Waals surface area contributed by atoms with E-state index in [1.54, 1.807) is 23.5 Å². The standard InChI is InChI=1S/C15H18ClN3OS3/c1-10(2)9-22-15-19-18-14(23-15)17-13(20)7-8-21-12-5-3-11(16)4-6-12/h3-6,10H,7-9H2,1-2H3,(H,17,18,20). The van der Waals surface area contributed by atoms with E-state index in [2.05, 4.69) is 29.4 Å². The molecule has 124 valence electrons. The van der Waals surface area contributed by atoms with Gasteiger partial charge in [-0.05, 0) is 30.2 Å². The van der Waals surface area contributed by atoms with E-state index in [0.717, 1.165) is 20.0 Å². The number of rotatable bonds is 8. The predicted molar refractivity (Wildman–Crippen MR) is 101 cm³/mol. The van der Waals surface area contributed by atoms with Crippen molar-refractivity contribution in [2.24, 2.45) is 5.92 Å². The van der Waals surface area contributed by atoms with E-state index in [1.165, 1.54) is 11.3 Å². The van der Waals surface area contributed by atoms with Crippen molar-refractivity contribution in [3.8, 4) is 0 Å². The van der Waals surface area contributed by atoms with Gasteiger partial charge in [0.2, 0.25) is 11.0 Å². The molecule has 0 fully saturated rings. The topological polar surface area (TPSA) is 54.9 Å². The third-order valence-electron chi connectivity index (χ3n) is 2.60. The third-order valence-corrected chi connectivity index (χ3v) is 6.27. The summed E-state index contributed by atoms with van der Waals surface area (Å²) in [6.45, 7) is 4.32. The summed E-state index contributed by atoms with van der Waals surface area (Å²) >= 11 is 10.6. The first-order valence-corrected chi connectivity index (χ1v) is 10.3. The summed E-state index contributed by atoms with van der Waals surface area (Å²) in [6.07, 6.45) is 0.432. The predicted octanol–water partition coefficient (Wildman–Crippen LogP) is 5.06. The van der Waals surface area contributed by atoms with Crippen molar-refractivity contribution in [3.05, 3.63) is 29.3 Å². The molecule has 0 aliphatic heterocycles. The number of hydrogen-bond acceptors (Lipinski definition) is 6. The molecular formula is C15H18ClN3OS3. The summed E-state index contributed by atoms with van der Waals surface area (Å²) in [4.78, 5) is 13.0. The Morgan fingerprint density at radius 3 is 2.70 bits per heavy atom. The van der Waals surface area contributed by atoms with Crippen molar-refractivity contribution >= 4 is 57.5 Å². The lowest BCUT2D eigenvalue weighted by molar-refractivity contribution is -0.115. The fraction of sp³-hybridized carbons (Fsp3) is 0.400. The van der Waals surface area contributed by atoms with Gasteiger partial charge in [0.1, 0.15) is 0 Å². The lowest BCUT2D eigenvalue weighted by atomic mass is 10.3. The number of carbonyl (C=O) groups excluding carboxylic acids is 1. The van der Waals surface area contributed by atoms with Crippen molar-refractivity contribution < 1.29 is 4.79 Å². The second-order valence-electron chi connectivity index (χ2n) is 5.18. The van der Waals surface area contributed by atoms with Crippen molar-refractivity contribution in [1.29, 1.82) is 0 Å². The summed E-state index contributed by atoms with van der Waals surface area (Å²) < 4.78 is 0.893.